The second kappa shape index (κ2) is 9.68. The second-order valence-corrected chi connectivity index (χ2v) is 3.90. The van der Waals surface area contributed by atoms with Gasteiger partial charge in [-0.25, -0.2) is 0 Å². The average Bonchev–Trinajstić information content (AvgIpc) is 2.15. The van der Waals surface area contributed by atoms with Gasteiger partial charge < -0.3 is 15.6 Å². The van der Waals surface area contributed by atoms with Crippen LogP contribution in [0, 0.1) is 0 Å². The molecular formula is C10H19N3OS. The normalized spacial score (nSPS) is 9.53. The van der Waals surface area contributed by atoms with Gasteiger partial charge in [0.1, 0.15) is 6.54 Å². The highest BCUT2D eigenvalue weighted by Gasteiger charge is 2.16. The first-order valence-corrected chi connectivity index (χ1v) is 5.03. The minimum atomic E-state index is 0.0945. The summed E-state index contributed by atoms with van der Waals surface area (Å²) in [6.45, 7) is 5.58. The van der Waals surface area contributed by atoms with E-state index in [1.807, 2.05) is 14.1 Å². The fourth-order valence-corrected chi connectivity index (χ4v) is 1.08. The molecule has 0 radical (unpaired) electrons. The van der Waals surface area contributed by atoms with Crippen LogP contribution >= 0.6 is 12.2 Å². The van der Waals surface area contributed by atoms with Crippen LogP contribution in [-0.2, 0) is 4.79 Å². The fourth-order valence-electron chi connectivity index (χ4n) is 1.08. The van der Waals surface area contributed by atoms with Crippen LogP contribution in [0.4, 0.5) is 0 Å². The summed E-state index contributed by atoms with van der Waals surface area (Å²) < 4.78 is 0.696. The number of nitrogens with two attached hydrogens (primary N) is 1. The lowest BCUT2D eigenvalue weighted by molar-refractivity contribution is -0.882. The Labute approximate surface area is 96.9 Å². The summed E-state index contributed by atoms with van der Waals surface area (Å²) in [6, 6.07) is 0. The van der Waals surface area contributed by atoms with Crippen molar-refractivity contribution in [2.45, 2.75) is 6.42 Å². The zero-order valence-corrected chi connectivity index (χ0v) is 10.2. The first-order valence-electron chi connectivity index (χ1n) is 4.62. The van der Waals surface area contributed by atoms with Crippen molar-refractivity contribution in [2.75, 3.05) is 33.7 Å². The van der Waals surface area contributed by atoms with Crippen molar-refractivity contribution in [3.8, 4) is 0 Å². The van der Waals surface area contributed by atoms with E-state index in [9.17, 15) is 4.79 Å². The molecule has 0 aliphatic rings. The first-order chi connectivity index (χ1) is 6.93. The molecule has 0 amide bonds. The van der Waals surface area contributed by atoms with E-state index in [4.69, 9.17) is 11.1 Å². The van der Waals surface area contributed by atoms with Crippen LogP contribution in [0.25, 0.3) is 5.41 Å². The van der Waals surface area contributed by atoms with E-state index in [0.717, 1.165) is 13.0 Å². The van der Waals surface area contributed by atoms with Crippen LogP contribution in [0.3, 0.4) is 0 Å². The molecule has 0 aliphatic heterocycles. The third kappa shape index (κ3) is 13.1. The van der Waals surface area contributed by atoms with E-state index in [1.54, 1.807) is 0 Å². The molecule has 0 fully saturated rings. The molecule has 0 saturated heterocycles. The highest BCUT2D eigenvalue weighted by Crippen LogP contribution is 1.98. The number of carbonyl (C=O) groups is 1. The monoisotopic (exact) mass is 229 g/mol. The number of likely N-dealkylation sites (N-methyl/N-ethyl adjacent to an activating group) is 1. The van der Waals surface area contributed by atoms with Crippen LogP contribution in [-0.4, -0.2) is 49.2 Å². The lowest BCUT2D eigenvalue weighted by atomic mass is 10.3. The molecule has 0 aromatic rings. The number of nitrogens with zero attached hydrogens (tertiary/aromatic N) is 2. The number of thiocarbonyl (C=S) groups is 1. The quantitative estimate of drug-likeness (QED) is 0.317. The van der Waals surface area contributed by atoms with Crippen LogP contribution in [0.1, 0.15) is 6.42 Å². The van der Waals surface area contributed by atoms with E-state index >= 15 is 0 Å². The summed E-state index contributed by atoms with van der Waals surface area (Å²) in [4.78, 5) is 11.0. The Morgan fingerprint density at radius 2 is 2.13 bits per heavy atom. The number of ketones is 1. The van der Waals surface area contributed by atoms with Gasteiger partial charge in [0.2, 0.25) is 5.78 Å². The van der Waals surface area contributed by atoms with Gasteiger partial charge in [0.15, 0.2) is 0 Å². The lowest BCUT2D eigenvalue weighted by Gasteiger charge is -2.28. The third-order valence-electron chi connectivity index (χ3n) is 1.78. The van der Waals surface area contributed by atoms with E-state index in [0.29, 0.717) is 17.6 Å². The maximum Gasteiger partial charge on any atom is 0.209 e. The molecule has 0 rings (SSSR count). The lowest BCUT2D eigenvalue weighted by Crippen LogP contribution is -2.44. The Bertz CT molecular complexity index is 233. The maximum atomic E-state index is 11.0. The standard InChI is InChI=1S/C9H19N2O.CNS/c1-4-9(12)8-11(2,3)7-5-6-10;2-1-3/h4H,1,5-8,10H2,2-3H3;/q+1;-1. The van der Waals surface area contributed by atoms with Gasteiger partial charge in [0.25, 0.3) is 0 Å². The number of quaternary nitrogens is 1. The molecule has 0 aliphatic carbocycles. The molecule has 0 spiro atoms. The number of isothiocyanates is 1. The molecule has 15 heavy (non-hydrogen) atoms. The summed E-state index contributed by atoms with van der Waals surface area (Å²) in [6.07, 6.45) is 2.33. The number of carbonyl (C=O) groups excluding carboxylic acids is 1. The SMILES string of the molecule is C=CC(=O)C[N+](C)(C)CCCN.[N-]=C=S. The van der Waals surface area contributed by atoms with Gasteiger partial charge in [0.05, 0.1) is 20.6 Å². The Hall–Kier alpha value is -0.870. The Morgan fingerprint density at radius 3 is 2.47 bits per heavy atom. The topological polar surface area (TPSA) is 65.4 Å². The average molecular weight is 229 g/mol. The second-order valence-electron chi connectivity index (χ2n) is 3.72. The van der Waals surface area contributed by atoms with Crippen molar-refractivity contribution in [3.63, 3.8) is 0 Å². The van der Waals surface area contributed by atoms with Gasteiger partial charge in [-0.2, -0.15) is 5.16 Å². The van der Waals surface area contributed by atoms with Crippen LogP contribution < -0.4 is 5.73 Å². The molecule has 0 aromatic heterocycles. The van der Waals surface area contributed by atoms with E-state index in [-0.39, 0.29) is 5.78 Å². The summed E-state index contributed by atoms with van der Waals surface area (Å²) in [5, 5.41) is 8.47. The Balaban J connectivity index is 0. The molecule has 0 heterocycles. The zero-order chi connectivity index (χ0) is 12.3. The summed E-state index contributed by atoms with van der Waals surface area (Å²) in [5.41, 5.74) is 5.38. The van der Waals surface area contributed by atoms with Crippen LogP contribution in [0.5, 0.6) is 0 Å². The van der Waals surface area contributed by atoms with Gasteiger partial charge in [-0.3, -0.25) is 4.79 Å². The minimum absolute atomic E-state index is 0.0945. The molecule has 0 atom stereocenters. The predicted molar refractivity (Wildman–Crippen MR) is 66.7 cm³/mol. The van der Waals surface area contributed by atoms with Crippen molar-refractivity contribution in [1.29, 1.82) is 0 Å². The van der Waals surface area contributed by atoms with E-state index in [2.05, 4.69) is 18.8 Å². The van der Waals surface area contributed by atoms with Gasteiger partial charge in [0, 0.05) is 6.42 Å². The highest BCUT2D eigenvalue weighted by molar-refractivity contribution is 7.78. The maximum absolute atomic E-state index is 11.0. The molecule has 0 unspecified atom stereocenters. The number of rotatable bonds is 6. The van der Waals surface area contributed by atoms with Crippen molar-refractivity contribution in [1.82, 2.24) is 0 Å². The molecule has 0 aromatic carbocycles. The smallest absolute Gasteiger partial charge is 0.209 e. The van der Waals surface area contributed by atoms with Crippen molar-refractivity contribution in [3.05, 3.63) is 18.1 Å². The van der Waals surface area contributed by atoms with Gasteiger partial charge in [-0.05, 0) is 12.6 Å². The van der Waals surface area contributed by atoms with E-state index in [1.165, 1.54) is 11.2 Å². The third-order valence-corrected chi connectivity index (χ3v) is 1.78. The minimum Gasteiger partial charge on any atom is -0.753 e. The zero-order valence-electron chi connectivity index (χ0n) is 9.40. The van der Waals surface area contributed by atoms with E-state index < -0.39 is 0 Å². The summed E-state index contributed by atoms with van der Waals surface area (Å²) in [7, 11) is 4.05. The molecule has 86 valence electrons. The number of hydrogen-bond donors (Lipinski definition) is 1. The highest BCUT2D eigenvalue weighted by atomic mass is 32.1. The molecule has 2 N–H and O–H groups in total. The van der Waals surface area contributed by atoms with Crippen LogP contribution in [0.2, 0.25) is 0 Å². The molecule has 4 nitrogen and oxygen atoms in total. The molecular weight excluding hydrogens is 210 g/mol. The summed E-state index contributed by atoms with van der Waals surface area (Å²) in [5.74, 6) is 0.0945. The predicted octanol–water partition coefficient (Wildman–Crippen LogP) is 0.825. The molecule has 5 heteroatoms. The first kappa shape index (κ1) is 16.6. The van der Waals surface area contributed by atoms with Gasteiger partial charge in [-0.1, -0.05) is 18.8 Å². The van der Waals surface area contributed by atoms with Crippen molar-refractivity contribution in [2.24, 2.45) is 5.73 Å². The largest absolute Gasteiger partial charge is 0.753 e. The van der Waals surface area contributed by atoms with Crippen LogP contribution in [0.15, 0.2) is 12.7 Å². The van der Waals surface area contributed by atoms with Crippen molar-refractivity contribution < 1.29 is 9.28 Å². The number of hydrogen-bond acceptors (Lipinski definition) is 3. The summed E-state index contributed by atoms with van der Waals surface area (Å²) >= 11 is 3.70. The fraction of sp³-hybridized carbons (Fsp3) is 0.600. The van der Waals surface area contributed by atoms with Crippen molar-refractivity contribution >= 4 is 23.2 Å². The Kier molecular flexibility index (Phi) is 10.7. The van der Waals surface area contributed by atoms with Gasteiger partial charge >= 0.3 is 0 Å². The molecule has 0 saturated carbocycles. The van der Waals surface area contributed by atoms with Gasteiger partial charge in [-0.15, -0.1) is 0 Å². The molecule has 0 bridgehead atoms. The Morgan fingerprint density at radius 1 is 1.67 bits per heavy atom.